The van der Waals surface area contributed by atoms with E-state index in [1.807, 2.05) is 6.07 Å². The number of anilines is 1. The molecule has 0 saturated heterocycles. The molecule has 45 heavy (non-hydrogen) atoms. The highest BCUT2D eigenvalue weighted by atomic mass is 19.4. The van der Waals surface area contributed by atoms with Gasteiger partial charge < -0.3 is 25.1 Å². The number of benzene rings is 4. The molecule has 0 unspecified atom stereocenters. The average molecular weight is 616 g/mol. The molecule has 0 aliphatic carbocycles. The van der Waals surface area contributed by atoms with Crippen LogP contribution in [0.5, 0.6) is 0 Å². The van der Waals surface area contributed by atoms with Crippen molar-refractivity contribution in [2.24, 2.45) is 5.73 Å². The molecular weight excluding hydrogens is 591 g/mol. The standard InChI is InChI=1S/C32H24F3N5O5/c33-32(34,35)31(43)45-30(42)25-7-2-1-6-24(25)21-10-13-27-26(15-21)38-17-40(27)18-44-16-19-4-3-5-22(14-19)29(41)39-23-11-8-20(9-12-23)28(36)37/h1-15,17H,16,18H2,(H3,36,37)(H,39,41). The zero-order chi connectivity index (χ0) is 32.1. The normalized spacial score (nSPS) is 11.3. The van der Waals surface area contributed by atoms with Crippen molar-refractivity contribution in [3.05, 3.63) is 120 Å². The molecule has 0 saturated carbocycles. The van der Waals surface area contributed by atoms with Gasteiger partial charge in [-0.25, -0.2) is 14.6 Å². The summed E-state index contributed by atoms with van der Waals surface area (Å²) in [6, 6.07) is 24.4. The lowest BCUT2D eigenvalue weighted by molar-refractivity contribution is -0.193. The molecule has 0 atom stereocenters. The molecule has 4 N–H and O–H groups in total. The Morgan fingerprint density at radius 3 is 2.40 bits per heavy atom. The van der Waals surface area contributed by atoms with Crippen molar-refractivity contribution in [2.45, 2.75) is 19.5 Å². The van der Waals surface area contributed by atoms with Crippen molar-refractivity contribution >= 4 is 40.4 Å². The molecule has 0 aliphatic heterocycles. The molecule has 4 aromatic carbocycles. The van der Waals surface area contributed by atoms with Crippen molar-refractivity contribution in [3.63, 3.8) is 0 Å². The van der Waals surface area contributed by atoms with Crippen LogP contribution in [0, 0.1) is 5.41 Å². The van der Waals surface area contributed by atoms with Crippen molar-refractivity contribution in [1.82, 2.24) is 9.55 Å². The van der Waals surface area contributed by atoms with E-state index in [1.54, 1.807) is 77.6 Å². The third kappa shape index (κ3) is 7.22. The van der Waals surface area contributed by atoms with E-state index in [0.29, 0.717) is 33.4 Å². The highest BCUT2D eigenvalue weighted by Gasteiger charge is 2.42. The second kappa shape index (κ2) is 12.8. The van der Waals surface area contributed by atoms with Crippen LogP contribution in [-0.2, 0) is 27.6 Å². The number of fused-ring (bicyclic) bond motifs is 1. The topological polar surface area (TPSA) is 149 Å². The maximum atomic E-state index is 12.8. The summed E-state index contributed by atoms with van der Waals surface area (Å²) in [7, 11) is 0. The lowest BCUT2D eigenvalue weighted by Gasteiger charge is -2.11. The molecule has 5 rings (SSSR count). The number of halogens is 3. The first-order valence-corrected chi connectivity index (χ1v) is 13.3. The molecule has 0 spiro atoms. The van der Waals surface area contributed by atoms with Crippen LogP contribution in [0.3, 0.4) is 0 Å². The van der Waals surface area contributed by atoms with Gasteiger partial charge in [0, 0.05) is 16.8 Å². The Kier molecular flexibility index (Phi) is 8.72. The van der Waals surface area contributed by atoms with Crippen molar-refractivity contribution in [2.75, 3.05) is 5.32 Å². The second-order valence-corrected chi connectivity index (χ2v) is 9.76. The van der Waals surface area contributed by atoms with Crippen molar-refractivity contribution in [3.8, 4) is 11.1 Å². The van der Waals surface area contributed by atoms with Gasteiger partial charge >= 0.3 is 18.1 Å². The minimum Gasteiger partial charge on any atom is -0.384 e. The number of amidine groups is 1. The van der Waals surface area contributed by atoms with Crippen LogP contribution in [0.25, 0.3) is 22.2 Å². The largest absolute Gasteiger partial charge is 0.491 e. The highest BCUT2D eigenvalue weighted by Crippen LogP contribution is 2.28. The smallest absolute Gasteiger partial charge is 0.384 e. The zero-order valence-corrected chi connectivity index (χ0v) is 23.3. The minimum atomic E-state index is -5.30. The summed E-state index contributed by atoms with van der Waals surface area (Å²) >= 11 is 0. The molecule has 0 bridgehead atoms. The monoisotopic (exact) mass is 615 g/mol. The lowest BCUT2D eigenvalue weighted by atomic mass is 9.99. The van der Waals surface area contributed by atoms with Gasteiger partial charge in [-0.1, -0.05) is 36.4 Å². The van der Waals surface area contributed by atoms with Gasteiger partial charge in [-0.05, 0) is 71.3 Å². The summed E-state index contributed by atoms with van der Waals surface area (Å²) in [5.74, 6) is -4.39. The zero-order valence-electron chi connectivity index (χ0n) is 23.3. The van der Waals surface area contributed by atoms with Gasteiger partial charge in [0.15, 0.2) is 0 Å². The first-order valence-electron chi connectivity index (χ1n) is 13.3. The molecular formula is C32H24F3N5O5. The summed E-state index contributed by atoms with van der Waals surface area (Å²) in [5, 5.41) is 10.3. The lowest BCUT2D eigenvalue weighted by Crippen LogP contribution is -2.28. The number of rotatable bonds is 9. The molecule has 1 aromatic heterocycles. The Bertz CT molecular complexity index is 1920. The summed E-state index contributed by atoms with van der Waals surface area (Å²) in [4.78, 5) is 40.7. The third-order valence-electron chi connectivity index (χ3n) is 6.64. The van der Waals surface area contributed by atoms with E-state index in [0.717, 1.165) is 5.56 Å². The Labute approximate surface area is 253 Å². The fourth-order valence-corrected chi connectivity index (χ4v) is 4.44. The fourth-order valence-electron chi connectivity index (χ4n) is 4.44. The third-order valence-corrected chi connectivity index (χ3v) is 6.64. The number of alkyl halides is 3. The number of hydrogen-bond acceptors (Lipinski definition) is 7. The van der Waals surface area contributed by atoms with E-state index in [9.17, 15) is 27.6 Å². The van der Waals surface area contributed by atoms with Gasteiger partial charge in [0.25, 0.3) is 5.91 Å². The number of nitrogens with two attached hydrogens (primary N) is 1. The number of hydrogen-bond donors (Lipinski definition) is 3. The SMILES string of the molecule is N=C(N)c1ccc(NC(=O)c2cccc(COCn3cnc4cc(-c5ccccc5C(=O)OC(=O)C(F)(F)F)ccc43)c2)cc1. The Morgan fingerprint density at radius 1 is 0.911 bits per heavy atom. The van der Waals surface area contributed by atoms with E-state index in [4.69, 9.17) is 15.9 Å². The summed E-state index contributed by atoms with van der Waals surface area (Å²) in [5.41, 5.74) is 9.51. The second-order valence-electron chi connectivity index (χ2n) is 9.76. The van der Waals surface area contributed by atoms with Crippen molar-refractivity contribution in [1.29, 1.82) is 5.41 Å². The minimum absolute atomic E-state index is 0.0657. The Morgan fingerprint density at radius 2 is 1.67 bits per heavy atom. The molecule has 5 aromatic rings. The predicted octanol–water partition coefficient (Wildman–Crippen LogP) is 5.66. The molecule has 1 amide bonds. The van der Waals surface area contributed by atoms with Gasteiger partial charge in [0.2, 0.25) is 0 Å². The van der Waals surface area contributed by atoms with Crippen LogP contribution in [-0.4, -0.2) is 39.4 Å². The van der Waals surface area contributed by atoms with Crippen LogP contribution in [0.4, 0.5) is 18.9 Å². The first kappa shape index (κ1) is 30.6. The molecule has 10 nitrogen and oxygen atoms in total. The number of nitrogen functional groups attached to an aromatic ring is 1. The van der Waals surface area contributed by atoms with E-state index in [2.05, 4.69) is 15.0 Å². The predicted molar refractivity (Wildman–Crippen MR) is 158 cm³/mol. The molecule has 13 heteroatoms. The Hall–Kier alpha value is -5.82. The summed E-state index contributed by atoms with van der Waals surface area (Å²) in [6.45, 7) is 0.315. The number of aromatic nitrogens is 2. The van der Waals surface area contributed by atoms with Gasteiger partial charge in [-0.3, -0.25) is 10.2 Å². The van der Waals surface area contributed by atoms with Crippen LogP contribution >= 0.6 is 0 Å². The highest BCUT2D eigenvalue weighted by molar-refractivity contribution is 6.05. The number of nitrogens with zero attached hydrogens (tertiary/aromatic N) is 2. The number of carbonyl (C=O) groups is 3. The van der Waals surface area contributed by atoms with Gasteiger partial charge in [-0.2, -0.15) is 13.2 Å². The van der Waals surface area contributed by atoms with Crippen molar-refractivity contribution < 1.29 is 37.0 Å². The van der Waals surface area contributed by atoms with Gasteiger partial charge in [0.05, 0.1) is 29.5 Å². The molecule has 228 valence electrons. The number of imidazole rings is 1. The number of amides is 1. The van der Waals surface area contributed by atoms with Crippen LogP contribution in [0.15, 0.2) is 97.3 Å². The maximum Gasteiger partial charge on any atom is 0.491 e. The van der Waals surface area contributed by atoms with E-state index < -0.39 is 18.1 Å². The fraction of sp³-hybridized carbons (Fsp3) is 0.0938. The number of carbonyl (C=O) groups excluding carboxylic acids is 3. The van der Waals surface area contributed by atoms with Crippen LogP contribution in [0.2, 0.25) is 0 Å². The summed E-state index contributed by atoms with van der Waals surface area (Å²) < 4.78 is 49.4. The number of ether oxygens (including phenoxy) is 2. The number of esters is 2. The maximum absolute atomic E-state index is 12.8. The van der Waals surface area contributed by atoms with E-state index in [1.165, 1.54) is 18.2 Å². The Balaban J connectivity index is 1.23. The summed E-state index contributed by atoms with van der Waals surface area (Å²) in [6.07, 6.45) is -3.75. The molecule has 0 radical (unpaired) electrons. The number of nitrogens with one attached hydrogen (secondary N) is 2. The quantitative estimate of drug-likeness (QED) is 0.0838. The molecule has 0 aliphatic rings. The van der Waals surface area contributed by atoms with Crippen LogP contribution in [0.1, 0.15) is 31.8 Å². The van der Waals surface area contributed by atoms with Crippen LogP contribution < -0.4 is 11.1 Å². The average Bonchev–Trinajstić information content (AvgIpc) is 3.43. The molecule has 0 fully saturated rings. The van der Waals surface area contributed by atoms with E-state index >= 15 is 0 Å². The first-order chi connectivity index (χ1) is 21.5. The van der Waals surface area contributed by atoms with Gasteiger partial charge in [-0.15, -0.1) is 0 Å². The van der Waals surface area contributed by atoms with Gasteiger partial charge in [0.1, 0.15) is 12.6 Å². The van der Waals surface area contributed by atoms with E-state index in [-0.39, 0.29) is 36.2 Å². The molecule has 1 heterocycles.